The van der Waals surface area contributed by atoms with Crippen LogP contribution in [0.25, 0.3) is 11.6 Å². The van der Waals surface area contributed by atoms with Crippen molar-refractivity contribution in [2.75, 3.05) is 0 Å². The molecule has 0 saturated carbocycles. The SMILES string of the molecule is N#C/C(=C/c1ccccc1OCc1cccnc1)c1ccc([N+](=O)[O-])cc1. The molecular formula is C21H15N3O3. The van der Waals surface area contributed by atoms with Crippen molar-refractivity contribution in [3.63, 3.8) is 0 Å². The lowest BCUT2D eigenvalue weighted by Gasteiger charge is -2.09. The van der Waals surface area contributed by atoms with Crippen LogP contribution in [-0.2, 0) is 6.61 Å². The predicted molar refractivity (Wildman–Crippen MR) is 102 cm³/mol. The van der Waals surface area contributed by atoms with Gasteiger partial charge in [0.25, 0.3) is 5.69 Å². The molecule has 1 aromatic heterocycles. The Morgan fingerprint density at radius 3 is 2.59 bits per heavy atom. The molecule has 0 amide bonds. The van der Waals surface area contributed by atoms with E-state index in [4.69, 9.17) is 4.74 Å². The molecule has 0 aliphatic rings. The van der Waals surface area contributed by atoms with Crippen molar-refractivity contribution in [2.45, 2.75) is 6.61 Å². The normalized spacial score (nSPS) is 10.9. The average molecular weight is 357 g/mol. The fourth-order valence-electron chi connectivity index (χ4n) is 2.47. The fraction of sp³-hybridized carbons (Fsp3) is 0.0476. The van der Waals surface area contributed by atoms with E-state index in [1.807, 2.05) is 36.4 Å². The molecule has 0 aliphatic carbocycles. The van der Waals surface area contributed by atoms with Crippen LogP contribution >= 0.6 is 0 Å². The van der Waals surface area contributed by atoms with Crippen molar-refractivity contribution in [1.29, 1.82) is 5.26 Å². The molecule has 0 spiro atoms. The van der Waals surface area contributed by atoms with Gasteiger partial charge in [0.1, 0.15) is 12.4 Å². The Balaban J connectivity index is 1.86. The zero-order valence-corrected chi connectivity index (χ0v) is 14.3. The zero-order chi connectivity index (χ0) is 19.1. The van der Waals surface area contributed by atoms with E-state index in [0.29, 0.717) is 23.5 Å². The largest absolute Gasteiger partial charge is 0.488 e. The van der Waals surface area contributed by atoms with Crippen LogP contribution < -0.4 is 4.74 Å². The van der Waals surface area contributed by atoms with Gasteiger partial charge >= 0.3 is 0 Å². The summed E-state index contributed by atoms with van der Waals surface area (Å²) in [6.45, 7) is 0.359. The Morgan fingerprint density at radius 2 is 1.93 bits per heavy atom. The van der Waals surface area contributed by atoms with Crippen LogP contribution in [0.15, 0.2) is 73.1 Å². The maximum atomic E-state index is 10.8. The van der Waals surface area contributed by atoms with Crippen LogP contribution in [0, 0.1) is 21.4 Å². The van der Waals surface area contributed by atoms with E-state index < -0.39 is 4.92 Å². The summed E-state index contributed by atoms with van der Waals surface area (Å²) in [7, 11) is 0. The van der Waals surface area contributed by atoms with E-state index >= 15 is 0 Å². The monoisotopic (exact) mass is 357 g/mol. The van der Waals surface area contributed by atoms with Gasteiger partial charge in [-0.2, -0.15) is 5.26 Å². The molecule has 132 valence electrons. The molecule has 27 heavy (non-hydrogen) atoms. The first-order chi connectivity index (χ1) is 13.2. The Kier molecular flexibility index (Phi) is 5.55. The van der Waals surface area contributed by atoms with Gasteiger partial charge in [-0.25, -0.2) is 0 Å². The summed E-state index contributed by atoms with van der Waals surface area (Å²) in [6.07, 6.45) is 5.14. The molecule has 0 saturated heterocycles. The third-order valence-electron chi connectivity index (χ3n) is 3.85. The Labute approximate surface area is 156 Å². The number of hydrogen-bond donors (Lipinski definition) is 0. The predicted octanol–water partition coefficient (Wildman–Crippen LogP) is 4.63. The zero-order valence-electron chi connectivity index (χ0n) is 14.3. The molecule has 3 rings (SSSR count). The average Bonchev–Trinajstić information content (AvgIpc) is 2.72. The van der Waals surface area contributed by atoms with Crippen LogP contribution in [0.3, 0.4) is 0 Å². The summed E-state index contributed by atoms with van der Waals surface area (Å²) in [5, 5.41) is 20.3. The van der Waals surface area contributed by atoms with Gasteiger partial charge in [0.15, 0.2) is 0 Å². The third kappa shape index (κ3) is 4.55. The number of nitro benzene ring substituents is 1. The lowest BCUT2D eigenvalue weighted by Crippen LogP contribution is -1.97. The summed E-state index contributed by atoms with van der Waals surface area (Å²) in [5.74, 6) is 0.635. The highest BCUT2D eigenvalue weighted by molar-refractivity contribution is 5.90. The number of hydrogen-bond acceptors (Lipinski definition) is 5. The summed E-state index contributed by atoms with van der Waals surface area (Å²) >= 11 is 0. The summed E-state index contributed by atoms with van der Waals surface area (Å²) < 4.78 is 5.87. The number of nitro groups is 1. The second-order valence-electron chi connectivity index (χ2n) is 5.66. The van der Waals surface area contributed by atoms with E-state index in [1.54, 1.807) is 30.6 Å². The van der Waals surface area contributed by atoms with Crippen LogP contribution in [0.1, 0.15) is 16.7 Å². The first-order valence-corrected chi connectivity index (χ1v) is 8.15. The summed E-state index contributed by atoms with van der Waals surface area (Å²) in [5.41, 5.74) is 2.66. The molecule has 0 N–H and O–H groups in total. The highest BCUT2D eigenvalue weighted by atomic mass is 16.6. The second kappa shape index (κ2) is 8.41. The number of ether oxygens (including phenoxy) is 1. The molecular weight excluding hydrogens is 342 g/mol. The van der Waals surface area contributed by atoms with Gasteiger partial charge in [-0.05, 0) is 35.9 Å². The highest BCUT2D eigenvalue weighted by Crippen LogP contribution is 2.26. The number of pyridine rings is 1. The van der Waals surface area contributed by atoms with E-state index in [2.05, 4.69) is 11.1 Å². The smallest absolute Gasteiger partial charge is 0.269 e. The topological polar surface area (TPSA) is 89.0 Å². The van der Waals surface area contributed by atoms with Gasteiger partial charge in [-0.15, -0.1) is 0 Å². The van der Waals surface area contributed by atoms with Crippen molar-refractivity contribution in [3.8, 4) is 11.8 Å². The van der Waals surface area contributed by atoms with Crippen LogP contribution in [-0.4, -0.2) is 9.91 Å². The maximum Gasteiger partial charge on any atom is 0.269 e. The Morgan fingerprint density at radius 1 is 1.15 bits per heavy atom. The minimum absolute atomic E-state index is 0.0174. The molecule has 3 aromatic rings. The quantitative estimate of drug-likeness (QED) is 0.278. The molecule has 0 atom stereocenters. The van der Waals surface area contributed by atoms with E-state index in [9.17, 15) is 15.4 Å². The molecule has 0 fully saturated rings. The number of benzene rings is 2. The van der Waals surface area contributed by atoms with Crippen LogP contribution in [0.4, 0.5) is 5.69 Å². The van der Waals surface area contributed by atoms with Crippen molar-refractivity contribution < 1.29 is 9.66 Å². The fourth-order valence-corrected chi connectivity index (χ4v) is 2.47. The molecule has 6 nitrogen and oxygen atoms in total. The van der Waals surface area contributed by atoms with E-state index in [1.165, 1.54) is 12.1 Å². The van der Waals surface area contributed by atoms with Crippen molar-refractivity contribution in [1.82, 2.24) is 4.98 Å². The molecule has 0 bridgehead atoms. The first kappa shape index (κ1) is 17.8. The standard InChI is InChI=1S/C21H15N3O3/c22-13-19(17-7-9-20(10-8-17)24(25)26)12-18-5-1-2-6-21(18)27-15-16-4-3-11-23-14-16/h1-12,14H,15H2/b19-12-. The van der Waals surface area contributed by atoms with Crippen molar-refractivity contribution >= 4 is 17.3 Å². The number of nitrogens with zero attached hydrogens (tertiary/aromatic N) is 3. The molecule has 1 heterocycles. The molecule has 2 aromatic carbocycles. The number of para-hydroxylation sites is 1. The minimum atomic E-state index is -0.471. The second-order valence-corrected chi connectivity index (χ2v) is 5.66. The molecule has 0 radical (unpaired) electrons. The lowest BCUT2D eigenvalue weighted by atomic mass is 10.0. The van der Waals surface area contributed by atoms with Gasteiger partial charge in [-0.1, -0.05) is 24.3 Å². The van der Waals surface area contributed by atoms with E-state index in [0.717, 1.165) is 11.1 Å². The molecule has 0 aliphatic heterocycles. The maximum absolute atomic E-state index is 10.8. The van der Waals surface area contributed by atoms with Gasteiger partial charge in [0, 0.05) is 35.7 Å². The summed E-state index contributed by atoms with van der Waals surface area (Å²) in [6, 6.07) is 19.2. The Bertz CT molecular complexity index is 1010. The first-order valence-electron chi connectivity index (χ1n) is 8.15. The minimum Gasteiger partial charge on any atom is -0.488 e. The van der Waals surface area contributed by atoms with Gasteiger partial charge in [-0.3, -0.25) is 15.1 Å². The molecule has 6 heteroatoms. The number of allylic oxidation sites excluding steroid dienone is 1. The lowest BCUT2D eigenvalue weighted by molar-refractivity contribution is -0.384. The van der Waals surface area contributed by atoms with Crippen LogP contribution in [0.2, 0.25) is 0 Å². The van der Waals surface area contributed by atoms with Gasteiger partial charge in [0.2, 0.25) is 0 Å². The number of non-ortho nitro benzene ring substituents is 1. The van der Waals surface area contributed by atoms with Crippen molar-refractivity contribution in [3.05, 3.63) is 99.9 Å². The number of aromatic nitrogens is 1. The van der Waals surface area contributed by atoms with Gasteiger partial charge < -0.3 is 4.74 Å². The van der Waals surface area contributed by atoms with E-state index in [-0.39, 0.29) is 5.69 Å². The van der Waals surface area contributed by atoms with Gasteiger partial charge in [0.05, 0.1) is 16.6 Å². The van der Waals surface area contributed by atoms with Crippen LogP contribution in [0.5, 0.6) is 5.75 Å². The number of nitriles is 1. The Hall–Kier alpha value is -3.98. The van der Waals surface area contributed by atoms with Crippen molar-refractivity contribution in [2.24, 2.45) is 0 Å². The summed E-state index contributed by atoms with van der Waals surface area (Å²) in [4.78, 5) is 14.4. The third-order valence-corrected chi connectivity index (χ3v) is 3.85. The highest BCUT2D eigenvalue weighted by Gasteiger charge is 2.08. The number of rotatable bonds is 6. The molecule has 0 unspecified atom stereocenters.